The fourth-order valence-corrected chi connectivity index (χ4v) is 4.30. The summed E-state index contributed by atoms with van der Waals surface area (Å²) in [5, 5.41) is 2.99. The molecule has 0 spiro atoms. The molecule has 0 aliphatic carbocycles. The van der Waals surface area contributed by atoms with Gasteiger partial charge in [0.25, 0.3) is 15.9 Å². The van der Waals surface area contributed by atoms with Gasteiger partial charge in [-0.15, -0.1) is 0 Å². The van der Waals surface area contributed by atoms with E-state index in [1.807, 2.05) is 19.9 Å². The van der Waals surface area contributed by atoms with Gasteiger partial charge in [-0.05, 0) is 61.9 Å². The molecule has 0 aromatic heterocycles. The largest absolute Gasteiger partial charge is 0.493 e. The van der Waals surface area contributed by atoms with Crippen LogP contribution in [0.5, 0.6) is 11.5 Å². The standard InChI is InChI=1S/C24H25ClN2O5S/c1-16(2)32-22-12-9-17(13-23(22)31-3)15-26-24(28)20-14-18(10-11-21(20)25)27-33(29,30)19-7-5-4-6-8-19/h4-14,16,27H,15H2,1-3H3,(H,26,28). The molecule has 33 heavy (non-hydrogen) atoms. The first-order valence-corrected chi connectivity index (χ1v) is 12.0. The lowest BCUT2D eigenvalue weighted by Gasteiger charge is -2.15. The van der Waals surface area contributed by atoms with Crippen LogP contribution in [-0.4, -0.2) is 27.5 Å². The number of amides is 1. The predicted molar refractivity (Wildman–Crippen MR) is 129 cm³/mol. The molecular weight excluding hydrogens is 464 g/mol. The van der Waals surface area contributed by atoms with E-state index in [-0.39, 0.29) is 33.8 Å². The molecule has 2 N–H and O–H groups in total. The minimum Gasteiger partial charge on any atom is -0.493 e. The summed E-state index contributed by atoms with van der Waals surface area (Å²) in [5.74, 6) is 0.733. The van der Waals surface area contributed by atoms with Gasteiger partial charge in [0.15, 0.2) is 11.5 Å². The zero-order chi connectivity index (χ0) is 24.0. The van der Waals surface area contributed by atoms with Gasteiger partial charge in [0, 0.05) is 12.2 Å². The van der Waals surface area contributed by atoms with Crippen molar-refractivity contribution in [2.24, 2.45) is 0 Å². The lowest BCUT2D eigenvalue weighted by Crippen LogP contribution is -2.23. The second-order valence-corrected chi connectivity index (χ2v) is 9.54. The lowest BCUT2D eigenvalue weighted by molar-refractivity contribution is 0.0951. The van der Waals surface area contributed by atoms with Crippen molar-refractivity contribution in [3.05, 3.63) is 82.9 Å². The third-order valence-corrected chi connectivity index (χ3v) is 6.29. The van der Waals surface area contributed by atoms with E-state index in [0.29, 0.717) is 11.5 Å². The molecule has 0 heterocycles. The highest BCUT2D eigenvalue weighted by atomic mass is 35.5. The number of methoxy groups -OCH3 is 1. The van der Waals surface area contributed by atoms with E-state index < -0.39 is 15.9 Å². The number of carbonyl (C=O) groups is 1. The van der Waals surface area contributed by atoms with Crippen LogP contribution in [0.1, 0.15) is 29.8 Å². The molecule has 3 aromatic rings. The fraction of sp³-hybridized carbons (Fsp3) is 0.208. The molecule has 0 unspecified atom stereocenters. The van der Waals surface area contributed by atoms with E-state index in [9.17, 15) is 13.2 Å². The Morgan fingerprint density at radius 2 is 1.73 bits per heavy atom. The average Bonchev–Trinajstić information content (AvgIpc) is 2.79. The van der Waals surface area contributed by atoms with Crippen molar-refractivity contribution in [3.8, 4) is 11.5 Å². The molecule has 0 atom stereocenters. The third-order valence-electron chi connectivity index (χ3n) is 4.56. The number of carbonyl (C=O) groups excluding carboxylic acids is 1. The van der Waals surface area contributed by atoms with Crippen molar-refractivity contribution in [2.45, 2.75) is 31.4 Å². The van der Waals surface area contributed by atoms with Crippen LogP contribution in [0.4, 0.5) is 5.69 Å². The van der Waals surface area contributed by atoms with Crippen LogP contribution in [0.3, 0.4) is 0 Å². The topological polar surface area (TPSA) is 93.7 Å². The molecule has 7 nitrogen and oxygen atoms in total. The minimum absolute atomic E-state index is 0.00168. The molecule has 9 heteroatoms. The molecule has 0 bridgehead atoms. The van der Waals surface area contributed by atoms with Crippen LogP contribution in [0.2, 0.25) is 5.02 Å². The molecule has 0 aliphatic heterocycles. The van der Waals surface area contributed by atoms with Gasteiger partial charge in [0.05, 0.1) is 28.7 Å². The van der Waals surface area contributed by atoms with Gasteiger partial charge >= 0.3 is 0 Å². The fourth-order valence-electron chi connectivity index (χ4n) is 3.03. The highest BCUT2D eigenvalue weighted by Crippen LogP contribution is 2.29. The van der Waals surface area contributed by atoms with E-state index in [1.54, 1.807) is 37.4 Å². The zero-order valence-electron chi connectivity index (χ0n) is 18.5. The Bertz CT molecular complexity index is 1230. The summed E-state index contributed by atoms with van der Waals surface area (Å²) in [5.41, 5.74) is 1.18. The minimum atomic E-state index is -3.80. The number of hydrogen-bond donors (Lipinski definition) is 2. The summed E-state index contributed by atoms with van der Waals surface area (Å²) in [7, 11) is -2.25. The quantitative estimate of drug-likeness (QED) is 0.448. The number of halogens is 1. The number of nitrogens with one attached hydrogen (secondary N) is 2. The van der Waals surface area contributed by atoms with Crippen LogP contribution in [0, 0.1) is 0 Å². The second-order valence-electron chi connectivity index (χ2n) is 7.45. The highest BCUT2D eigenvalue weighted by molar-refractivity contribution is 7.92. The maximum Gasteiger partial charge on any atom is 0.261 e. The predicted octanol–water partition coefficient (Wildman–Crippen LogP) is 4.87. The molecule has 0 saturated heterocycles. The monoisotopic (exact) mass is 488 g/mol. The molecule has 0 fully saturated rings. The van der Waals surface area contributed by atoms with E-state index in [4.69, 9.17) is 21.1 Å². The Labute approximate surface area is 198 Å². The number of ether oxygens (including phenoxy) is 2. The zero-order valence-corrected chi connectivity index (χ0v) is 20.0. The SMILES string of the molecule is COc1cc(CNC(=O)c2cc(NS(=O)(=O)c3ccccc3)ccc2Cl)ccc1OC(C)C. The van der Waals surface area contributed by atoms with Gasteiger partial charge in [0.1, 0.15) is 0 Å². The molecule has 3 aromatic carbocycles. The Balaban J connectivity index is 1.73. The van der Waals surface area contributed by atoms with Gasteiger partial charge in [-0.2, -0.15) is 0 Å². The summed E-state index contributed by atoms with van der Waals surface area (Å²) in [4.78, 5) is 12.9. The first kappa shape index (κ1) is 24.4. The Hall–Kier alpha value is -3.23. The molecule has 0 saturated carbocycles. The van der Waals surface area contributed by atoms with Crippen molar-refractivity contribution >= 4 is 33.2 Å². The Kier molecular flexibility index (Phi) is 7.84. The Morgan fingerprint density at radius 1 is 1.00 bits per heavy atom. The summed E-state index contributed by atoms with van der Waals surface area (Å²) in [6.07, 6.45) is -0.00168. The summed E-state index contributed by atoms with van der Waals surface area (Å²) >= 11 is 6.20. The highest BCUT2D eigenvalue weighted by Gasteiger charge is 2.17. The second kappa shape index (κ2) is 10.6. The van der Waals surface area contributed by atoms with E-state index in [2.05, 4.69) is 10.0 Å². The normalized spacial score (nSPS) is 11.2. The van der Waals surface area contributed by atoms with Crippen LogP contribution in [-0.2, 0) is 16.6 Å². The van der Waals surface area contributed by atoms with Gasteiger partial charge in [-0.3, -0.25) is 9.52 Å². The van der Waals surface area contributed by atoms with Gasteiger partial charge in [0.2, 0.25) is 0 Å². The number of benzene rings is 3. The van der Waals surface area contributed by atoms with Gasteiger partial charge in [-0.1, -0.05) is 35.9 Å². The van der Waals surface area contributed by atoms with E-state index >= 15 is 0 Å². The van der Waals surface area contributed by atoms with Crippen LogP contribution >= 0.6 is 11.6 Å². The van der Waals surface area contributed by atoms with Crippen molar-refractivity contribution in [3.63, 3.8) is 0 Å². The number of hydrogen-bond acceptors (Lipinski definition) is 5. The summed E-state index contributed by atoms with van der Waals surface area (Å²) < 4.78 is 38.7. The van der Waals surface area contributed by atoms with E-state index in [1.165, 1.54) is 30.3 Å². The van der Waals surface area contributed by atoms with Crippen LogP contribution < -0.4 is 19.5 Å². The third kappa shape index (κ3) is 6.40. The first-order chi connectivity index (χ1) is 15.7. The Morgan fingerprint density at radius 3 is 2.39 bits per heavy atom. The van der Waals surface area contributed by atoms with Crippen molar-refractivity contribution in [1.29, 1.82) is 0 Å². The smallest absolute Gasteiger partial charge is 0.261 e. The molecule has 3 rings (SSSR count). The maximum absolute atomic E-state index is 12.8. The number of rotatable bonds is 9. The van der Waals surface area contributed by atoms with Crippen molar-refractivity contribution in [2.75, 3.05) is 11.8 Å². The lowest BCUT2D eigenvalue weighted by atomic mass is 10.1. The van der Waals surface area contributed by atoms with Gasteiger partial charge < -0.3 is 14.8 Å². The molecule has 0 aliphatic rings. The number of anilines is 1. The van der Waals surface area contributed by atoms with Crippen molar-refractivity contribution in [1.82, 2.24) is 5.32 Å². The van der Waals surface area contributed by atoms with E-state index in [0.717, 1.165) is 5.56 Å². The van der Waals surface area contributed by atoms with Crippen molar-refractivity contribution < 1.29 is 22.7 Å². The molecule has 1 amide bonds. The van der Waals surface area contributed by atoms with Crippen LogP contribution in [0.15, 0.2) is 71.6 Å². The first-order valence-electron chi connectivity index (χ1n) is 10.2. The summed E-state index contributed by atoms with van der Waals surface area (Å²) in [6.45, 7) is 4.06. The van der Waals surface area contributed by atoms with Crippen LogP contribution in [0.25, 0.3) is 0 Å². The number of sulfonamides is 1. The average molecular weight is 489 g/mol. The molecule has 0 radical (unpaired) electrons. The molecular formula is C24H25ClN2O5S. The summed E-state index contributed by atoms with van der Waals surface area (Å²) in [6, 6.07) is 17.7. The molecule has 174 valence electrons. The van der Waals surface area contributed by atoms with Gasteiger partial charge in [-0.25, -0.2) is 8.42 Å². The maximum atomic E-state index is 12.8.